The van der Waals surface area contributed by atoms with E-state index in [0.29, 0.717) is 6.42 Å². The van der Waals surface area contributed by atoms with E-state index in [1.165, 1.54) is 4.90 Å². The van der Waals surface area contributed by atoms with Crippen molar-refractivity contribution in [2.24, 2.45) is 17.8 Å². The molecule has 0 aliphatic carbocycles. The fourth-order valence-electron chi connectivity index (χ4n) is 5.78. The molecule has 0 spiro atoms. The summed E-state index contributed by atoms with van der Waals surface area (Å²) in [5.41, 5.74) is 0. The van der Waals surface area contributed by atoms with E-state index >= 15 is 0 Å². The van der Waals surface area contributed by atoms with Crippen LogP contribution >= 0.6 is 0 Å². The summed E-state index contributed by atoms with van der Waals surface area (Å²) < 4.78 is 12.4. The van der Waals surface area contributed by atoms with Crippen LogP contribution < -0.4 is 10.4 Å². The quantitative estimate of drug-likeness (QED) is 0.408. The molecule has 8 heteroatoms. The summed E-state index contributed by atoms with van der Waals surface area (Å²) in [6.45, 7) is 13.9. The van der Waals surface area contributed by atoms with Crippen molar-refractivity contribution in [1.82, 2.24) is 4.90 Å². The topological polar surface area (TPSA) is 96.3 Å². The Morgan fingerprint density at radius 3 is 1.97 bits per heavy atom. The van der Waals surface area contributed by atoms with Crippen LogP contribution in [0.4, 0.5) is 4.79 Å². The summed E-state index contributed by atoms with van der Waals surface area (Å²) >= 11 is 0. The first-order chi connectivity index (χ1) is 18.3. The Morgan fingerprint density at radius 2 is 1.54 bits per heavy atom. The number of imide groups is 1. The maximum absolute atomic E-state index is 13.4. The number of nitrogens with zero attached hydrogens (tertiary/aromatic N) is 1. The number of cyclic esters (lactones) is 1. The summed E-state index contributed by atoms with van der Waals surface area (Å²) in [7, 11) is -3.04. The second kappa shape index (κ2) is 12.8. The minimum atomic E-state index is -3.04. The lowest BCUT2D eigenvalue weighted by Gasteiger charge is -2.47. The predicted octanol–water partition coefficient (Wildman–Crippen LogP) is 3.95. The molecule has 7 nitrogen and oxygen atoms in total. The molecule has 2 aromatic rings. The molecule has 214 valence electrons. The Kier molecular flexibility index (Phi) is 10.1. The van der Waals surface area contributed by atoms with Gasteiger partial charge in [0.1, 0.15) is 12.7 Å². The molecule has 2 aromatic carbocycles. The Hall–Kier alpha value is -2.52. The second-order valence-electron chi connectivity index (χ2n) is 12.2. The molecule has 1 saturated heterocycles. The largest absolute Gasteiger partial charge is 0.447 e. The van der Waals surface area contributed by atoms with Gasteiger partial charge in [0.15, 0.2) is 0 Å². The van der Waals surface area contributed by atoms with Crippen molar-refractivity contribution >= 4 is 30.7 Å². The van der Waals surface area contributed by atoms with E-state index in [1.54, 1.807) is 6.92 Å². The van der Waals surface area contributed by atoms with Gasteiger partial charge in [0.2, 0.25) is 5.91 Å². The molecule has 1 heterocycles. The van der Waals surface area contributed by atoms with Gasteiger partial charge in [-0.3, -0.25) is 4.79 Å². The Bertz CT molecular complexity index is 1050. The Labute approximate surface area is 234 Å². The van der Waals surface area contributed by atoms with Crippen LogP contribution in [0.2, 0.25) is 5.04 Å². The van der Waals surface area contributed by atoms with Crippen molar-refractivity contribution in [2.45, 2.75) is 78.2 Å². The standard InChI is InChI=1S/C31H45NO6Si/c1-21(2)26-20-37-30(36)32(26)29(35)23(4)18-22(3)28(27(34)19-33)38-39(31(5,6)7,24-14-10-8-11-15-24)25-16-12-9-13-17-25/h8-17,21-23,26-28,33-34H,18-20H2,1-7H3/t22-,23-,26+,27+,28-/m0/s1. The Balaban J connectivity index is 1.99. The lowest BCUT2D eigenvalue weighted by molar-refractivity contribution is -0.134. The van der Waals surface area contributed by atoms with Gasteiger partial charge in [-0.25, -0.2) is 9.69 Å². The third kappa shape index (κ3) is 6.46. The normalized spacial score (nSPS) is 19.5. The third-order valence-corrected chi connectivity index (χ3v) is 12.9. The molecule has 3 rings (SSSR count). The van der Waals surface area contributed by atoms with Crippen LogP contribution in [0.5, 0.6) is 0 Å². The molecular formula is C31H45NO6Si. The molecule has 2 amide bonds. The lowest BCUT2D eigenvalue weighted by atomic mass is 9.89. The molecule has 0 unspecified atom stereocenters. The van der Waals surface area contributed by atoms with Gasteiger partial charge in [0, 0.05) is 5.92 Å². The number of aliphatic hydroxyl groups excluding tert-OH is 2. The highest BCUT2D eigenvalue weighted by atomic mass is 28.4. The first-order valence-electron chi connectivity index (χ1n) is 13.9. The number of carbonyl (C=O) groups excluding carboxylic acids is 2. The molecular weight excluding hydrogens is 510 g/mol. The molecule has 0 radical (unpaired) electrons. The lowest BCUT2D eigenvalue weighted by Crippen LogP contribution is -2.69. The minimum absolute atomic E-state index is 0.0764. The number of rotatable bonds is 11. The first-order valence-corrected chi connectivity index (χ1v) is 15.8. The van der Waals surface area contributed by atoms with Gasteiger partial charge in [-0.2, -0.15) is 0 Å². The van der Waals surface area contributed by atoms with E-state index < -0.39 is 39.1 Å². The average Bonchev–Trinajstić information content (AvgIpc) is 3.30. The molecule has 0 aromatic heterocycles. The zero-order valence-electron chi connectivity index (χ0n) is 24.3. The fraction of sp³-hybridized carbons (Fsp3) is 0.548. The van der Waals surface area contributed by atoms with Crippen molar-refractivity contribution in [1.29, 1.82) is 0 Å². The zero-order chi connectivity index (χ0) is 29.0. The zero-order valence-corrected chi connectivity index (χ0v) is 25.3. The van der Waals surface area contributed by atoms with Crippen LogP contribution in [0.15, 0.2) is 60.7 Å². The van der Waals surface area contributed by atoms with Crippen molar-refractivity contribution in [3.05, 3.63) is 60.7 Å². The highest BCUT2D eigenvalue weighted by Crippen LogP contribution is 2.39. The summed E-state index contributed by atoms with van der Waals surface area (Å²) in [6.07, 6.45) is -2.13. The number of benzene rings is 2. The van der Waals surface area contributed by atoms with Crippen LogP contribution in [0.1, 0.15) is 54.9 Å². The van der Waals surface area contributed by atoms with Crippen LogP contribution in [-0.4, -0.2) is 66.9 Å². The third-order valence-electron chi connectivity index (χ3n) is 7.92. The van der Waals surface area contributed by atoms with Crippen molar-refractivity contribution < 1.29 is 29.0 Å². The van der Waals surface area contributed by atoms with Crippen molar-refractivity contribution in [2.75, 3.05) is 13.2 Å². The fourth-order valence-corrected chi connectivity index (χ4v) is 10.6. The summed E-state index contributed by atoms with van der Waals surface area (Å²) in [5, 5.41) is 23.0. The molecule has 1 aliphatic heterocycles. The number of aliphatic hydroxyl groups is 2. The molecule has 1 aliphatic rings. The smallest absolute Gasteiger partial charge is 0.416 e. The average molecular weight is 556 g/mol. The van der Waals surface area contributed by atoms with E-state index in [9.17, 15) is 19.8 Å². The van der Waals surface area contributed by atoms with Crippen molar-refractivity contribution in [3.63, 3.8) is 0 Å². The second-order valence-corrected chi connectivity index (χ2v) is 16.5. The number of amides is 2. The Morgan fingerprint density at radius 1 is 1.03 bits per heavy atom. The van der Waals surface area contributed by atoms with E-state index in [-0.39, 0.29) is 35.4 Å². The minimum Gasteiger partial charge on any atom is -0.447 e. The van der Waals surface area contributed by atoms with Crippen LogP contribution in [0.25, 0.3) is 0 Å². The molecule has 5 atom stereocenters. The van der Waals surface area contributed by atoms with E-state index in [0.717, 1.165) is 10.4 Å². The highest BCUT2D eigenvalue weighted by molar-refractivity contribution is 6.99. The molecule has 2 N–H and O–H groups in total. The molecule has 0 saturated carbocycles. The van der Waals surface area contributed by atoms with Gasteiger partial charge in [-0.05, 0) is 33.7 Å². The van der Waals surface area contributed by atoms with E-state index in [4.69, 9.17) is 9.16 Å². The monoisotopic (exact) mass is 555 g/mol. The van der Waals surface area contributed by atoms with Crippen LogP contribution in [-0.2, 0) is 14.0 Å². The molecule has 39 heavy (non-hydrogen) atoms. The highest BCUT2D eigenvalue weighted by Gasteiger charge is 2.53. The summed E-state index contributed by atoms with van der Waals surface area (Å²) in [6, 6.07) is 19.9. The van der Waals surface area contributed by atoms with Gasteiger partial charge in [-0.1, -0.05) is 109 Å². The van der Waals surface area contributed by atoms with E-state index in [1.807, 2.05) is 57.2 Å². The van der Waals surface area contributed by atoms with Gasteiger partial charge in [-0.15, -0.1) is 0 Å². The number of ether oxygens (including phenoxy) is 1. The molecule has 0 bridgehead atoms. The van der Waals surface area contributed by atoms with Crippen LogP contribution in [0.3, 0.4) is 0 Å². The summed E-state index contributed by atoms with van der Waals surface area (Å²) in [4.78, 5) is 27.1. The maximum atomic E-state index is 13.4. The molecule has 1 fully saturated rings. The predicted molar refractivity (Wildman–Crippen MR) is 155 cm³/mol. The van der Waals surface area contributed by atoms with E-state index in [2.05, 4.69) is 45.0 Å². The number of carbonyl (C=O) groups is 2. The number of hydrogen-bond acceptors (Lipinski definition) is 6. The van der Waals surface area contributed by atoms with Crippen molar-refractivity contribution in [3.8, 4) is 0 Å². The SMILES string of the molecule is CC(C)[C@H]1COC(=O)N1C(=O)[C@@H](C)C[C@H](C)[C@H](O[Si](c1ccccc1)(c1ccccc1)C(C)(C)C)[C@H](O)CO. The maximum Gasteiger partial charge on any atom is 0.416 e. The first kappa shape index (κ1) is 31.0. The van der Waals surface area contributed by atoms with Gasteiger partial charge in [0.05, 0.1) is 18.8 Å². The number of hydrogen-bond donors (Lipinski definition) is 2. The van der Waals surface area contributed by atoms with Gasteiger partial charge in [0.25, 0.3) is 8.32 Å². The van der Waals surface area contributed by atoms with Gasteiger partial charge >= 0.3 is 6.09 Å². The summed E-state index contributed by atoms with van der Waals surface area (Å²) in [5.74, 6) is -1.02. The van der Waals surface area contributed by atoms with Gasteiger partial charge < -0.3 is 19.4 Å². The van der Waals surface area contributed by atoms with Crippen LogP contribution in [0, 0.1) is 17.8 Å².